The SMILES string of the molecule is CO[C@H]1C[C@@H]2CC[C@@H](C)[C@@](O)(O2)C(=O)C(=O)N2CCCC[C@H]2C(=O)O[C@H]([C@H](N)C[C@@H]2CC[C@@H](OC(=O)NCCOCCOCCOCCOCCC(=O)NCc3cnc(N4CCN(c5ncc(C(=O)NCCCCn6nc(-c7cnc8[nH]ccc8c7)c7c(N)ncnc76)cn5)CC4)nc3)[C@H](OC)C2)CC(=O)[C@H](C)/C=C(\C)[C@@H](O)[C@@H](O)C(=O)[C@H](C)C[C@H](C)/C=C/C=CC=C1C. The number of rotatable bonds is 32. The first-order valence-electron chi connectivity index (χ1n) is 44.9. The number of ether oxygens (including phenoxy) is 9. The van der Waals surface area contributed by atoms with Crippen molar-refractivity contribution in [2.75, 3.05) is 128 Å². The number of ketones is 3. The molecule has 10 heterocycles. The van der Waals surface area contributed by atoms with E-state index in [1.54, 1.807) is 46.5 Å². The zero-order valence-corrected chi connectivity index (χ0v) is 75.2. The molecule has 4 aliphatic heterocycles. The second-order valence-corrected chi connectivity index (χ2v) is 34.1. The van der Waals surface area contributed by atoms with Gasteiger partial charge in [0.2, 0.25) is 23.6 Å². The molecule has 5 aliphatic rings. The molecule has 15 atom stereocenters. The number of aliphatic hydroxyl groups excluding tert-OH is 2. The van der Waals surface area contributed by atoms with Crippen molar-refractivity contribution in [2.45, 2.75) is 212 Å². The predicted molar refractivity (Wildman–Crippen MR) is 476 cm³/mol. The summed E-state index contributed by atoms with van der Waals surface area (Å²) in [5, 5.41) is 49.6. The van der Waals surface area contributed by atoms with Crippen LogP contribution in [-0.4, -0.2) is 290 Å². The van der Waals surface area contributed by atoms with E-state index in [0.29, 0.717) is 163 Å². The van der Waals surface area contributed by atoms with Gasteiger partial charge in [0.25, 0.3) is 17.6 Å². The molecule has 38 heteroatoms. The number of nitrogen functional groups attached to an aromatic ring is 1. The van der Waals surface area contributed by atoms with Gasteiger partial charge in [-0.1, -0.05) is 64.2 Å². The van der Waals surface area contributed by atoms with Crippen LogP contribution in [0.5, 0.6) is 0 Å². The van der Waals surface area contributed by atoms with Crippen LogP contribution in [0.2, 0.25) is 0 Å². The Bertz CT molecular complexity index is 4830. The number of hydrogen-bond donors (Lipinski definition) is 9. The molecule has 6 aromatic heterocycles. The normalized spacial score (nSPS) is 26.2. The highest BCUT2D eigenvalue weighted by Gasteiger charge is 2.53. The molecule has 0 spiro atoms. The molecular weight excluding hydrogens is 1670 g/mol. The van der Waals surface area contributed by atoms with E-state index < -0.39 is 120 Å². The van der Waals surface area contributed by atoms with E-state index in [9.17, 15) is 53.7 Å². The van der Waals surface area contributed by atoms with Crippen molar-refractivity contribution >= 4 is 86.9 Å². The zero-order valence-electron chi connectivity index (χ0n) is 75.2. The van der Waals surface area contributed by atoms with Crippen LogP contribution >= 0.6 is 0 Å². The highest BCUT2D eigenvalue weighted by molar-refractivity contribution is 6.39. The maximum Gasteiger partial charge on any atom is 0.407 e. The van der Waals surface area contributed by atoms with Gasteiger partial charge in [0.15, 0.2) is 11.4 Å². The smallest absolute Gasteiger partial charge is 0.407 e. The number of carbonyl (C=O) groups excluding carboxylic acids is 8. The van der Waals surface area contributed by atoms with Gasteiger partial charge in [-0.3, -0.25) is 28.8 Å². The van der Waals surface area contributed by atoms with E-state index in [1.807, 2.05) is 72.1 Å². The van der Waals surface area contributed by atoms with Crippen LogP contribution in [0.15, 0.2) is 103 Å². The Kier molecular flexibility index (Phi) is 37.6. The van der Waals surface area contributed by atoms with Gasteiger partial charge in [-0.2, -0.15) is 5.10 Å². The van der Waals surface area contributed by atoms with E-state index in [4.69, 9.17) is 59.2 Å². The summed E-state index contributed by atoms with van der Waals surface area (Å²) in [6, 6.07) is 1.68. The van der Waals surface area contributed by atoms with E-state index in [-0.39, 0.29) is 108 Å². The standard InChI is InChI=1S/C91H128N18O20/c1-56-16-10-9-11-17-57(2)72(121-7)47-67-21-19-61(6)91(120,129-67)81(115)86(117)108-28-14-12-18-69(108)87(118)127-73(48-70(110)58(3)43-60(5)79(113)80(114)78(112)59(4)42-56)68(92)44-62-20-22-71(74(45-62)122-8)128-90(119)96-27-35-124-37-39-126-41-40-125-38-36-123-34-24-75(111)97-49-63-50-99-88(100-51-63)106-30-32-107(33-31-106)89-101-53-66(54-102-89)85(116)95-25-13-15-29-109-84-76(82(93)103-55-104-84)77(105-109)65-46-64-23-26-94-83(64)98-52-65/h9-11,16-17,23,26,43,46,50-56,58-59,61-62,67-69,71-74,79-80,113-114,120H,12-15,18-22,24-25,27-42,44-45,47-49,92H2,1-8H3,(H,94,98)(H,95,116)(H,96,119)(H,97,111)(H2,93,103,104)/b11-9?,16-10+,57-17?,60-43+/t56-,58-,59-,61-,62+,67+,68-,69+,71-,72+,73+,74-,79-,80+,91-/m1/s1. The highest BCUT2D eigenvalue weighted by Crippen LogP contribution is 2.39. The van der Waals surface area contributed by atoms with Gasteiger partial charge in [-0.25, -0.2) is 49.2 Å². The number of nitrogens with one attached hydrogen (secondary N) is 4. The van der Waals surface area contributed by atoms with Gasteiger partial charge in [0.1, 0.15) is 59.7 Å². The number of aryl methyl sites for hydroxylation is 1. The number of alkyl carbamates (subject to hydrolysis) is 1. The average Bonchev–Trinajstić information content (AvgIpc) is 1.55. The first-order valence-corrected chi connectivity index (χ1v) is 44.9. The maximum absolute atomic E-state index is 14.7. The fraction of sp³-hybridized carbons (Fsp3) is 0.604. The summed E-state index contributed by atoms with van der Waals surface area (Å²) in [7, 11) is 3.05. The fourth-order valence-corrected chi connectivity index (χ4v) is 16.9. The molecule has 38 nitrogen and oxygen atoms in total. The number of nitrogens with two attached hydrogens (primary N) is 2. The number of aromatic nitrogens is 10. The minimum absolute atomic E-state index is 0.00702. The molecule has 0 radical (unpaired) electrons. The number of esters is 1. The number of piperazine rings is 1. The van der Waals surface area contributed by atoms with Gasteiger partial charge >= 0.3 is 12.1 Å². The third kappa shape index (κ3) is 27.8. The van der Waals surface area contributed by atoms with Crippen molar-refractivity contribution < 1.29 is 96.3 Å². The summed E-state index contributed by atoms with van der Waals surface area (Å²) in [6.07, 6.45) is 19.6. The molecule has 11 rings (SSSR count). The predicted octanol–water partition coefficient (Wildman–Crippen LogP) is 6.11. The van der Waals surface area contributed by atoms with Crippen molar-refractivity contribution in [3.8, 4) is 11.3 Å². The van der Waals surface area contributed by atoms with Crippen molar-refractivity contribution in [2.24, 2.45) is 35.3 Å². The molecule has 6 aromatic rings. The van der Waals surface area contributed by atoms with Gasteiger partial charge in [0.05, 0.1) is 82.1 Å². The molecule has 0 aromatic carbocycles. The first-order chi connectivity index (χ1) is 62.2. The Hall–Kier alpha value is -10.5. The van der Waals surface area contributed by atoms with Crippen LogP contribution in [0.4, 0.5) is 22.5 Å². The molecule has 0 unspecified atom stereocenters. The molecule has 702 valence electrons. The molecule has 4 fully saturated rings. The number of pyridine rings is 1. The van der Waals surface area contributed by atoms with Crippen LogP contribution in [0.25, 0.3) is 33.3 Å². The summed E-state index contributed by atoms with van der Waals surface area (Å²) < 4.78 is 54.3. The number of Topliss-reactive ketones (excluding diaryl/α,β-unsaturated/α-hetero) is 3. The van der Waals surface area contributed by atoms with Gasteiger partial charge < -0.3 is 105 Å². The maximum atomic E-state index is 14.7. The van der Waals surface area contributed by atoms with Gasteiger partial charge in [-0.05, 0) is 126 Å². The van der Waals surface area contributed by atoms with Crippen LogP contribution in [0.1, 0.15) is 154 Å². The lowest BCUT2D eigenvalue weighted by molar-refractivity contribution is -0.265. The second-order valence-electron chi connectivity index (χ2n) is 34.1. The Morgan fingerprint density at radius 3 is 2.12 bits per heavy atom. The number of cyclic esters (lactones) is 1. The van der Waals surface area contributed by atoms with Crippen LogP contribution in [-0.2, 0) is 84.5 Å². The zero-order chi connectivity index (χ0) is 92.1. The highest BCUT2D eigenvalue weighted by atomic mass is 16.6. The number of anilines is 3. The number of methoxy groups -OCH3 is 2. The molecule has 1 saturated carbocycles. The lowest BCUT2D eigenvalue weighted by atomic mass is 9.80. The summed E-state index contributed by atoms with van der Waals surface area (Å²) in [4.78, 5) is 150. The summed E-state index contributed by atoms with van der Waals surface area (Å²) >= 11 is 0. The Labute approximate surface area is 751 Å². The van der Waals surface area contributed by atoms with Crippen molar-refractivity contribution in [3.63, 3.8) is 0 Å². The van der Waals surface area contributed by atoms with Gasteiger partial charge in [-0.15, -0.1) is 0 Å². The Morgan fingerprint density at radius 2 is 1.41 bits per heavy atom. The van der Waals surface area contributed by atoms with E-state index in [1.165, 1.54) is 38.8 Å². The first kappa shape index (κ1) is 99.1. The number of nitrogens with zero attached hydrogens (tertiary/aromatic N) is 12. The number of aromatic amines is 1. The lowest BCUT2D eigenvalue weighted by Gasteiger charge is -2.42. The number of amides is 4. The Balaban J connectivity index is 0.533. The minimum atomic E-state index is -2.52. The molecule has 4 amide bonds. The molecule has 1 aliphatic carbocycles. The quantitative estimate of drug-likeness (QED) is 0.00995. The summed E-state index contributed by atoms with van der Waals surface area (Å²) in [6.45, 7) is 16.2. The molecule has 3 saturated heterocycles. The van der Waals surface area contributed by atoms with Crippen LogP contribution in [0.3, 0.4) is 0 Å². The summed E-state index contributed by atoms with van der Waals surface area (Å²) in [5.41, 5.74) is 18.3. The third-order valence-electron chi connectivity index (χ3n) is 24.6. The largest absolute Gasteiger partial charge is 0.459 e. The number of allylic oxidation sites excluding steroid dienone is 6. The number of fused-ring (bicyclic) bond motifs is 5. The molecule has 11 N–H and O–H groups in total. The molecular formula is C91H128N18O20. The van der Waals surface area contributed by atoms with Gasteiger partial charge in [0, 0.05) is 170 Å². The minimum Gasteiger partial charge on any atom is -0.459 e. The number of carbonyl (C=O) groups is 8. The monoisotopic (exact) mass is 1790 g/mol. The van der Waals surface area contributed by atoms with Crippen molar-refractivity contribution in [1.82, 2.24) is 70.5 Å². The van der Waals surface area contributed by atoms with Crippen LogP contribution < -0.4 is 37.2 Å². The van der Waals surface area contributed by atoms with E-state index in [0.717, 1.165) is 32.6 Å². The number of unbranched alkanes of at least 4 members (excludes halogenated alkanes) is 1. The lowest BCUT2D eigenvalue weighted by Crippen LogP contribution is -2.61. The second kappa shape index (κ2) is 48.9. The van der Waals surface area contributed by atoms with E-state index in [2.05, 4.69) is 60.7 Å². The van der Waals surface area contributed by atoms with Crippen LogP contribution in [0, 0.1) is 29.6 Å². The number of hydrogen-bond acceptors (Lipinski definition) is 32. The third-order valence-corrected chi connectivity index (χ3v) is 24.6. The summed E-state index contributed by atoms with van der Waals surface area (Å²) in [5.74, 6) is -8.39. The Morgan fingerprint density at radius 1 is 0.713 bits per heavy atom. The molecule has 129 heavy (non-hydrogen) atoms. The van der Waals surface area contributed by atoms with Crippen molar-refractivity contribution in [3.05, 3.63) is 114 Å². The number of piperidine rings is 1. The average molecular weight is 1790 g/mol. The molecule has 2 bridgehead atoms. The number of aliphatic hydroxyl groups is 3. The topological polar surface area (TPSA) is 502 Å². The fourth-order valence-electron chi connectivity index (χ4n) is 16.9. The number of H-pyrrole nitrogens is 1. The van der Waals surface area contributed by atoms with E-state index >= 15 is 0 Å². The van der Waals surface area contributed by atoms with Crippen molar-refractivity contribution in [1.29, 1.82) is 0 Å².